The van der Waals surface area contributed by atoms with Crippen molar-refractivity contribution in [2.24, 2.45) is 0 Å². The molecule has 1 aliphatic carbocycles. The minimum Gasteiger partial charge on any atom is -0.353 e. The normalized spacial score (nSPS) is 14.6. The molecule has 0 spiro atoms. The average Bonchev–Trinajstić information content (AvgIpc) is 3.28. The monoisotopic (exact) mass is 383 g/mol. The molecule has 0 fully saturated rings. The van der Waals surface area contributed by atoms with Crippen molar-refractivity contribution in [1.82, 2.24) is 4.98 Å². The highest BCUT2D eigenvalue weighted by Gasteiger charge is 2.36. The first-order chi connectivity index (χ1) is 14.7. The molecule has 30 heavy (non-hydrogen) atoms. The van der Waals surface area contributed by atoms with E-state index in [1.807, 2.05) is 0 Å². The van der Waals surface area contributed by atoms with Crippen LogP contribution in [0, 0.1) is 0 Å². The molecule has 0 amide bonds. The van der Waals surface area contributed by atoms with Crippen molar-refractivity contribution in [2.75, 3.05) is 0 Å². The molecule has 0 saturated carbocycles. The van der Waals surface area contributed by atoms with Gasteiger partial charge in [0.2, 0.25) is 0 Å². The second-order valence-electron chi connectivity index (χ2n) is 9.05. The number of aromatic amines is 1. The van der Waals surface area contributed by atoms with Crippen LogP contribution < -0.4 is 0 Å². The van der Waals surface area contributed by atoms with E-state index in [-0.39, 0.29) is 5.41 Å². The molecule has 7 rings (SSSR count). The van der Waals surface area contributed by atoms with Gasteiger partial charge in [-0.25, -0.2) is 0 Å². The van der Waals surface area contributed by atoms with E-state index in [0.717, 1.165) is 0 Å². The molecular formula is C29H21N. The smallest absolute Gasteiger partial charge is 0.0551 e. The number of H-pyrrole nitrogens is 1. The molecule has 1 aliphatic rings. The van der Waals surface area contributed by atoms with Crippen LogP contribution in [0.3, 0.4) is 0 Å². The Morgan fingerprint density at radius 1 is 0.533 bits per heavy atom. The van der Waals surface area contributed by atoms with Crippen molar-refractivity contribution in [3.8, 4) is 11.1 Å². The molecule has 6 aromatic rings. The third-order valence-electron chi connectivity index (χ3n) is 7.20. The largest absolute Gasteiger partial charge is 0.353 e. The van der Waals surface area contributed by atoms with Crippen LogP contribution in [0.1, 0.15) is 25.0 Å². The molecule has 1 N–H and O–H groups in total. The van der Waals surface area contributed by atoms with Gasteiger partial charge in [0, 0.05) is 27.1 Å². The van der Waals surface area contributed by atoms with Crippen molar-refractivity contribution in [1.29, 1.82) is 0 Å². The molecule has 0 atom stereocenters. The molecule has 0 unspecified atom stereocenters. The minimum atomic E-state index is 0.0154. The number of hydrogen-bond acceptors (Lipinski definition) is 0. The predicted octanol–water partition coefficient (Wildman–Crippen LogP) is 7.93. The van der Waals surface area contributed by atoms with E-state index in [0.29, 0.717) is 0 Å². The summed E-state index contributed by atoms with van der Waals surface area (Å²) in [5.74, 6) is 0. The van der Waals surface area contributed by atoms with E-state index >= 15 is 0 Å². The van der Waals surface area contributed by atoms with Crippen LogP contribution in [-0.2, 0) is 5.41 Å². The lowest BCUT2D eigenvalue weighted by Crippen LogP contribution is -2.14. The van der Waals surface area contributed by atoms with Gasteiger partial charge in [0.15, 0.2) is 0 Å². The lowest BCUT2D eigenvalue weighted by Gasteiger charge is -2.21. The van der Waals surface area contributed by atoms with Crippen molar-refractivity contribution in [2.45, 2.75) is 19.3 Å². The number of fused-ring (bicyclic) bond motifs is 12. The Kier molecular flexibility index (Phi) is 2.88. The Morgan fingerprint density at radius 2 is 1.17 bits per heavy atom. The van der Waals surface area contributed by atoms with E-state index in [2.05, 4.69) is 104 Å². The highest BCUT2D eigenvalue weighted by Crippen LogP contribution is 2.52. The first-order valence-corrected chi connectivity index (χ1v) is 10.6. The summed E-state index contributed by atoms with van der Waals surface area (Å²) in [5.41, 5.74) is 8.09. The summed E-state index contributed by atoms with van der Waals surface area (Å²) < 4.78 is 0. The Labute approximate surface area is 175 Å². The molecule has 1 heterocycles. The molecule has 0 radical (unpaired) electrons. The molecule has 1 aromatic heterocycles. The Hall–Kier alpha value is -3.58. The third kappa shape index (κ3) is 1.79. The zero-order chi connectivity index (χ0) is 20.0. The third-order valence-corrected chi connectivity index (χ3v) is 7.20. The molecule has 5 aromatic carbocycles. The van der Waals surface area contributed by atoms with Crippen LogP contribution in [0.2, 0.25) is 0 Å². The summed E-state index contributed by atoms with van der Waals surface area (Å²) in [5, 5.41) is 7.90. The zero-order valence-corrected chi connectivity index (χ0v) is 17.1. The summed E-state index contributed by atoms with van der Waals surface area (Å²) in [4.78, 5) is 3.89. The van der Waals surface area contributed by atoms with Gasteiger partial charge in [-0.05, 0) is 32.8 Å². The van der Waals surface area contributed by atoms with E-state index < -0.39 is 0 Å². The molecule has 142 valence electrons. The first-order valence-electron chi connectivity index (χ1n) is 10.6. The van der Waals surface area contributed by atoms with Gasteiger partial charge in [-0.2, -0.15) is 0 Å². The predicted molar refractivity (Wildman–Crippen MR) is 128 cm³/mol. The quantitative estimate of drug-likeness (QED) is 0.256. The molecule has 0 saturated heterocycles. The number of hydrogen-bond donors (Lipinski definition) is 1. The lowest BCUT2D eigenvalue weighted by molar-refractivity contribution is 0.661. The van der Waals surface area contributed by atoms with Crippen LogP contribution in [0.15, 0.2) is 84.9 Å². The molecular weight excluding hydrogens is 362 g/mol. The van der Waals surface area contributed by atoms with E-state index in [9.17, 15) is 0 Å². The maximum absolute atomic E-state index is 3.89. The summed E-state index contributed by atoms with van der Waals surface area (Å²) in [6.45, 7) is 4.69. The van der Waals surface area contributed by atoms with Crippen molar-refractivity contribution < 1.29 is 0 Å². The molecule has 0 aliphatic heterocycles. The summed E-state index contributed by atoms with van der Waals surface area (Å²) in [6, 6.07) is 31.2. The maximum atomic E-state index is 3.89. The van der Waals surface area contributed by atoms with E-state index in [1.165, 1.54) is 65.6 Å². The van der Waals surface area contributed by atoms with Gasteiger partial charge < -0.3 is 4.98 Å². The summed E-state index contributed by atoms with van der Waals surface area (Å²) in [6.07, 6.45) is 0. The standard InChI is InChI=1S/C29H21N/c1-29(2)23-14-8-7-13-21(23)26-24(29)16-15-22-25-19-11-5-3-9-17(19)18-10-4-6-12-20(18)27(25)30-28(22)26/h3-16,30H,1-2H3. The second-order valence-corrected chi connectivity index (χ2v) is 9.05. The van der Waals surface area contributed by atoms with Gasteiger partial charge in [0.05, 0.1) is 11.0 Å². The Balaban J connectivity index is 1.77. The average molecular weight is 383 g/mol. The molecule has 0 bridgehead atoms. The van der Waals surface area contributed by atoms with Gasteiger partial charge in [-0.1, -0.05) is 98.8 Å². The highest BCUT2D eigenvalue weighted by molar-refractivity contribution is 6.32. The van der Waals surface area contributed by atoms with E-state index in [4.69, 9.17) is 0 Å². The zero-order valence-electron chi connectivity index (χ0n) is 17.1. The fraction of sp³-hybridized carbons (Fsp3) is 0.103. The van der Waals surface area contributed by atoms with E-state index in [1.54, 1.807) is 0 Å². The van der Waals surface area contributed by atoms with Crippen molar-refractivity contribution >= 4 is 43.4 Å². The van der Waals surface area contributed by atoms with Gasteiger partial charge in [-0.3, -0.25) is 0 Å². The van der Waals surface area contributed by atoms with Gasteiger partial charge >= 0.3 is 0 Å². The fourth-order valence-corrected chi connectivity index (χ4v) is 5.81. The van der Waals surface area contributed by atoms with Gasteiger partial charge in [0.1, 0.15) is 0 Å². The fourth-order valence-electron chi connectivity index (χ4n) is 5.81. The topological polar surface area (TPSA) is 15.8 Å². The SMILES string of the molecule is CC1(C)c2ccccc2-c2c1ccc1c2[nH]c2c3ccccc3c3ccccc3c12. The Morgan fingerprint density at radius 3 is 1.97 bits per heavy atom. The van der Waals surface area contributed by atoms with Crippen molar-refractivity contribution in [3.05, 3.63) is 96.1 Å². The highest BCUT2D eigenvalue weighted by atomic mass is 14.7. The number of aromatic nitrogens is 1. The van der Waals surface area contributed by atoms with Crippen LogP contribution >= 0.6 is 0 Å². The minimum absolute atomic E-state index is 0.0154. The van der Waals surface area contributed by atoms with Gasteiger partial charge in [0.25, 0.3) is 0 Å². The number of benzene rings is 5. The second kappa shape index (κ2) is 5.31. The number of rotatable bonds is 0. The first kappa shape index (κ1) is 16.2. The maximum Gasteiger partial charge on any atom is 0.0551 e. The Bertz CT molecular complexity index is 1660. The van der Waals surface area contributed by atoms with Crippen LogP contribution in [-0.4, -0.2) is 4.98 Å². The summed E-state index contributed by atoms with van der Waals surface area (Å²) in [7, 11) is 0. The molecule has 1 nitrogen and oxygen atoms in total. The lowest BCUT2D eigenvalue weighted by atomic mass is 9.82. The number of nitrogens with one attached hydrogen (secondary N) is 1. The van der Waals surface area contributed by atoms with Crippen molar-refractivity contribution in [3.63, 3.8) is 0 Å². The van der Waals surface area contributed by atoms with Crippen LogP contribution in [0.5, 0.6) is 0 Å². The summed E-state index contributed by atoms with van der Waals surface area (Å²) >= 11 is 0. The van der Waals surface area contributed by atoms with Crippen LogP contribution in [0.25, 0.3) is 54.5 Å². The molecule has 1 heteroatoms. The van der Waals surface area contributed by atoms with Crippen LogP contribution in [0.4, 0.5) is 0 Å². The van der Waals surface area contributed by atoms with Gasteiger partial charge in [-0.15, -0.1) is 0 Å².